The molecule has 1 saturated heterocycles. The summed E-state index contributed by atoms with van der Waals surface area (Å²) >= 11 is 0. The number of amides is 2. The zero-order chi connectivity index (χ0) is 19.2. The van der Waals surface area contributed by atoms with Crippen molar-refractivity contribution in [3.05, 3.63) is 65.2 Å². The Bertz CT molecular complexity index is 825. The first kappa shape index (κ1) is 19.0. The number of nitrogens with zero attached hydrogens (tertiary/aromatic N) is 2. The summed E-state index contributed by atoms with van der Waals surface area (Å²) in [5.74, 6) is -0.201. The quantitative estimate of drug-likeness (QED) is 0.881. The minimum atomic E-state index is -0.319. The van der Waals surface area contributed by atoms with Gasteiger partial charge < -0.3 is 10.2 Å². The standard InChI is InChI=1S/C21H24FN3O2/c1-15-5-4-10-25(14-15)21(27)18-11-17(12-23-13-18)20(26)24-9-8-16-6-2-3-7-19(16)22/h2-3,6-7,11-13,15H,4-5,8-10,14H2,1H3,(H,24,26). The van der Waals surface area contributed by atoms with Crippen LogP contribution >= 0.6 is 0 Å². The Hall–Kier alpha value is -2.76. The van der Waals surface area contributed by atoms with Crippen molar-refractivity contribution in [1.29, 1.82) is 0 Å². The van der Waals surface area contributed by atoms with Crippen LogP contribution in [-0.2, 0) is 6.42 Å². The molecule has 1 aliphatic rings. The molecule has 1 aromatic heterocycles. The highest BCUT2D eigenvalue weighted by Crippen LogP contribution is 2.18. The molecule has 0 bridgehead atoms. The molecule has 142 valence electrons. The van der Waals surface area contributed by atoms with Crippen molar-refractivity contribution < 1.29 is 14.0 Å². The van der Waals surface area contributed by atoms with E-state index in [2.05, 4.69) is 17.2 Å². The molecule has 2 aromatic rings. The number of likely N-dealkylation sites (tertiary alicyclic amines) is 1. The summed E-state index contributed by atoms with van der Waals surface area (Å²) in [5, 5.41) is 2.76. The first-order valence-electron chi connectivity index (χ1n) is 9.30. The van der Waals surface area contributed by atoms with Crippen molar-refractivity contribution in [2.24, 2.45) is 5.92 Å². The second-order valence-corrected chi connectivity index (χ2v) is 7.06. The Morgan fingerprint density at radius 3 is 2.81 bits per heavy atom. The van der Waals surface area contributed by atoms with Gasteiger partial charge in [0, 0.05) is 32.0 Å². The number of carbonyl (C=O) groups excluding carboxylic acids is 2. The summed E-state index contributed by atoms with van der Waals surface area (Å²) < 4.78 is 13.6. The van der Waals surface area contributed by atoms with Gasteiger partial charge in [-0.15, -0.1) is 0 Å². The number of nitrogens with one attached hydrogen (secondary N) is 1. The maximum absolute atomic E-state index is 13.6. The lowest BCUT2D eigenvalue weighted by molar-refractivity contribution is 0.0682. The largest absolute Gasteiger partial charge is 0.352 e. The number of carbonyl (C=O) groups is 2. The summed E-state index contributed by atoms with van der Waals surface area (Å²) in [6, 6.07) is 8.07. The second-order valence-electron chi connectivity index (χ2n) is 7.06. The summed E-state index contributed by atoms with van der Waals surface area (Å²) in [7, 11) is 0. The van der Waals surface area contributed by atoms with Gasteiger partial charge in [-0.1, -0.05) is 25.1 Å². The van der Waals surface area contributed by atoms with E-state index in [4.69, 9.17) is 0 Å². The van der Waals surface area contributed by atoms with Gasteiger partial charge in [-0.2, -0.15) is 0 Å². The Labute approximate surface area is 158 Å². The van der Waals surface area contributed by atoms with Gasteiger partial charge in [0.25, 0.3) is 11.8 Å². The first-order valence-corrected chi connectivity index (χ1v) is 9.30. The topological polar surface area (TPSA) is 62.3 Å². The fourth-order valence-electron chi connectivity index (χ4n) is 3.35. The summed E-state index contributed by atoms with van der Waals surface area (Å²) in [5.41, 5.74) is 1.31. The highest BCUT2D eigenvalue weighted by molar-refractivity contribution is 5.99. The fourth-order valence-corrected chi connectivity index (χ4v) is 3.35. The molecule has 27 heavy (non-hydrogen) atoms. The zero-order valence-electron chi connectivity index (χ0n) is 15.5. The van der Waals surface area contributed by atoms with Crippen molar-refractivity contribution in [1.82, 2.24) is 15.2 Å². The lowest BCUT2D eigenvalue weighted by Gasteiger charge is -2.30. The van der Waals surface area contributed by atoms with E-state index in [9.17, 15) is 14.0 Å². The average Bonchev–Trinajstić information content (AvgIpc) is 2.69. The SMILES string of the molecule is CC1CCCN(C(=O)c2cncc(C(=O)NCCc3ccccc3F)c2)C1. The lowest BCUT2D eigenvalue weighted by Crippen LogP contribution is -2.39. The molecule has 1 N–H and O–H groups in total. The van der Waals surface area contributed by atoms with Crippen molar-refractivity contribution in [2.75, 3.05) is 19.6 Å². The van der Waals surface area contributed by atoms with Crippen LogP contribution in [0, 0.1) is 11.7 Å². The third-order valence-corrected chi connectivity index (χ3v) is 4.83. The third-order valence-electron chi connectivity index (χ3n) is 4.83. The fraction of sp³-hybridized carbons (Fsp3) is 0.381. The highest BCUT2D eigenvalue weighted by Gasteiger charge is 2.23. The van der Waals surface area contributed by atoms with E-state index in [1.54, 1.807) is 24.3 Å². The minimum absolute atomic E-state index is 0.0879. The van der Waals surface area contributed by atoms with E-state index in [0.717, 1.165) is 25.9 Å². The first-order chi connectivity index (χ1) is 13.0. The molecule has 0 radical (unpaired) electrons. The third kappa shape index (κ3) is 4.90. The molecule has 1 aliphatic heterocycles. The van der Waals surface area contributed by atoms with Crippen LogP contribution in [0.4, 0.5) is 4.39 Å². The van der Waals surface area contributed by atoms with Crippen LogP contribution in [0.15, 0.2) is 42.7 Å². The summed E-state index contributed by atoms with van der Waals surface area (Å²) in [4.78, 5) is 30.9. The number of rotatable bonds is 5. The number of piperidine rings is 1. The number of pyridine rings is 1. The van der Waals surface area contributed by atoms with Crippen molar-refractivity contribution in [2.45, 2.75) is 26.2 Å². The van der Waals surface area contributed by atoms with Crippen LogP contribution in [0.1, 0.15) is 46.0 Å². The average molecular weight is 369 g/mol. The number of halogens is 1. The van der Waals surface area contributed by atoms with Gasteiger partial charge in [0.2, 0.25) is 0 Å². The molecule has 1 aromatic carbocycles. The van der Waals surface area contributed by atoms with Gasteiger partial charge in [-0.05, 0) is 42.9 Å². The number of hydrogen-bond acceptors (Lipinski definition) is 3. The molecular weight excluding hydrogens is 345 g/mol. The van der Waals surface area contributed by atoms with Crippen molar-refractivity contribution in [3.63, 3.8) is 0 Å². The maximum atomic E-state index is 13.6. The molecule has 6 heteroatoms. The summed E-state index contributed by atoms with van der Waals surface area (Å²) in [6.07, 6.45) is 5.46. The van der Waals surface area contributed by atoms with Gasteiger partial charge in [0.05, 0.1) is 11.1 Å². The van der Waals surface area contributed by atoms with E-state index >= 15 is 0 Å². The van der Waals surface area contributed by atoms with E-state index in [1.807, 2.05) is 4.90 Å². The maximum Gasteiger partial charge on any atom is 0.255 e. The smallest absolute Gasteiger partial charge is 0.255 e. The number of hydrogen-bond donors (Lipinski definition) is 1. The molecule has 2 heterocycles. The van der Waals surface area contributed by atoms with Crippen molar-refractivity contribution in [3.8, 4) is 0 Å². The van der Waals surface area contributed by atoms with Crippen LogP contribution in [0.3, 0.4) is 0 Å². The van der Waals surface area contributed by atoms with Crippen LogP contribution in [-0.4, -0.2) is 41.3 Å². The van der Waals surface area contributed by atoms with Gasteiger partial charge in [0.1, 0.15) is 5.82 Å². The highest BCUT2D eigenvalue weighted by atomic mass is 19.1. The molecule has 1 fully saturated rings. The minimum Gasteiger partial charge on any atom is -0.352 e. The molecule has 3 rings (SSSR count). The van der Waals surface area contributed by atoms with Crippen LogP contribution < -0.4 is 5.32 Å². The van der Waals surface area contributed by atoms with Gasteiger partial charge in [-0.25, -0.2) is 4.39 Å². The normalized spacial score (nSPS) is 16.8. The van der Waals surface area contributed by atoms with Crippen LogP contribution in [0.5, 0.6) is 0 Å². The van der Waals surface area contributed by atoms with Gasteiger partial charge in [0.15, 0.2) is 0 Å². The van der Waals surface area contributed by atoms with E-state index < -0.39 is 0 Å². The Morgan fingerprint density at radius 1 is 1.26 bits per heavy atom. The predicted octanol–water partition coefficient (Wildman–Crippen LogP) is 3.07. The molecular formula is C21H24FN3O2. The molecule has 0 spiro atoms. The van der Waals surface area contributed by atoms with E-state index in [0.29, 0.717) is 35.6 Å². The number of aromatic nitrogens is 1. The Morgan fingerprint density at radius 2 is 2.04 bits per heavy atom. The van der Waals surface area contributed by atoms with Gasteiger partial charge in [-0.3, -0.25) is 14.6 Å². The van der Waals surface area contributed by atoms with Crippen molar-refractivity contribution >= 4 is 11.8 Å². The molecule has 1 unspecified atom stereocenters. The molecule has 0 aliphatic carbocycles. The van der Waals surface area contributed by atoms with Crippen LogP contribution in [0.2, 0.25) is 0 Å². The predicted molar refractivity (Wildman–Crippen MR) is 101 cm³/mol. The molecule has 5 nitrogen and oxygen atoms in total. The monoisotopic (exact) mass is 369 g/mol. The van der Waals surface area contributed by atoms with Gasteiger partial charge >= 0.3 is 0 Å². The van der Waals surface area contributed by atoms with E-state index in [1.165, 1.54) is 18.5 Å². The summed E-state index contributed by atoms with van der Waals surface area (Å²) in [6.45, 7) is 3.92. The molecule has 0 saturated carbocycles. The second kappa shape index (κ2) is 8.75. The Kier molecular flexibility index (Phi) is 6.16. The number of benzene rings is 1. The molecule has 2 amide bonds. The lowest BCUT2D eigenvalue weighted by atomic mass is 9.99. The molecule has 1 atom stereocenters. The Balaban J connectivity index is 1.60. The zero-order valence-corrected chi connectivity index (χ0v) is 15.5. The van der Waals surface area contributed by atoms with Crippen LogP contribution in [0.25, 0.3) is 0 Å². The van der Waals surface area contributed by atoms with E-state index in [-0.39, 0.29) is 17.6 Å².